The van der Waals surface area contributed by atoms with E-state index in [4.69, 9.17) is 5.73 Å². The molecule has 0 aromatic heterocycles. The molecular formula is C13H20N2O2S. The minimum atomic E-state index is -3.27. The number of anilines is 2. The van der Waals surface area contributed by atoms with E-state index in [-0.39, 0.29) is 11.2 Å². The first kappa shape index (κ1) is 13.2. The molecule has 0 bridgehead atoms. The minimum absolute atomic E-state index is 0.147. The lowest BCUT2D eigenvalue weighted by atomic mass is 10.0. The second kappa shape index (κ2) is 4.16. The van der Waals surface area contributed by atoms with Crippen molar-refractivity contribution in [1.29, 1.82) is 0 Å². The Kier molecular flexibility index (Phi) is 3.05. The van der Waals surface area contributed by atoms with Gasteiger partial charge in [-0.3, -0.25) is 4.31 Å². The predicted octanol–water partition coefficient (Wildman–Crippen LogP) is 2.01. The van der Waals surface area contributed by atoms with Crippen molar-refractivity contribution in [2.24, 2.45) is 5.41 Å². The van der Waals surface area contributed by atoms with E-state index in [0.29, 0.717) is 12.2 Å². The summed E-state index contributed by atoms with van der Waals surface area (Å²) in [7, 11) is -3.27. The van der Waals surface area contributed by atoms with Gasteiger partial charge in [-0.2, -0.15) is 0 Å². The number of nitrogens with zero attached hydrogens (tertiary/aromatic N) is 1. The van der Waals surface area contributed by atoms with Gasteiger partial charge in [0.25, 0.3) is 0 Å². The monoisotopic (exact) mass is 268 g/mol. The number of fused-ring (bicyclic) bond motifs is 1. The van der Waals surface area contributed by atoms with E-state index in [9.17, 15) is 8.42 Å². The van der Waals surface area contributed by atoms with Crippen molar-refractivity contribution in [2.75, 3.05) is 22.3 Å². The molecule has 2 rings (SSSR count). The van der Waals surface area contributed by atoms with Gasteiger partial charge in [-0.25, -0.2) is 8.42 Å². The highest BCUT2D eigenvalue weighted by Crippen LogP contribution is 2.33. The summed E-state index contributed by atoms with van der Waals surface area (Å²) < 4.78 is 26.3. The zero-order chi connectivity index (χ0) is 13.6. The Hall–Kier alpha value is -1.23. The molecule has 2 N–H and O–H groups in total. The van der Waals surface area contributed by atoms with Crippen LogP contribution in [-0.2, 0) is 16.4 Å². The van der Waals surface area contributed by atoms with Crippen LogP contribution in [0.1, 0.15) is 26.3 Å². The zero-order valence-electron chi connectivity index (χ0n) is 11.1. The minimum Gasteiger partial charge on any atom is -0.399 e. The Bertz CT molecular complexity index is 559. The summed E-state index contributed by atoms with van der Waals surface area (Å²) in [6.07, 6.45) is 0.763. The lowest BCUT2D eigenvalue weighted by Crippen LogP contribution is -2.35. The summed E-state index contributed by atoms with van der Waals surface area (Å²) in [6, 6.07) is 5.48. The molecule has 0 spiro atoms. The van der Waals surface area contributed by atoms with E-state index in [1.165, 1.54) is 4.31 Å². The number of sulfonamides is 1. The van der Waals surface area contributed by atoms with Crippen molar-refractivity contribution in [3.8, 4) is 0 Å². The molecule has 0 amide bonds. The Labute approximate surface area is 109 Å². The first-order valence-corrected chi connectivity index (χ1v) is 7.69. The van der Waals surface area contributed by atoms with Crippen molar-refractivity contribution >= 4 is 21.4 Å². The number of hydrogen-bond donors (Lipinski definition) is 1. The summed E-state index contributed by atoms with van der Waals surface area (Å²) in [5, 5.41) is 0. The van der Waals surface area contributed by atoms with E-state index in [1.807, 2.05) is 32.9 Å². The van der Waals surface area contributed by atoms with Crippen LogP contribution in [0.15, 0.2) is 18.2 Å². The van der Waals surface area contributed by atoms with Gasteiger partial charge in [-0.1, -0.05) is 26.8 Å². The van der Waals surface area contributed by atoms with Crippen molar-refractivity contribution in [2.45, 2.75) is 27.2 Å². The van der Waals surface area contributed by atoms with E-state index < -0.39 is 10.0 Å². The summed E-state index contributed by atoms with van der Waals surface area (Å²) in [4.78, 5) is 0. The van der Waals surface area contributed by atoms with Crippen molar-refractivity contribution < 1.29 is 8.42 Å². The highest BCUT2D eigenvalue weighted by molar-refractivity contribution is 7.92. The molecule has 4 nitrogen and oxygen atoms in total. The van der Waals surface area contributed by atoms with Gasteiger partial charge in [0.15, 0.2) is 0 Å². The SMILES string of the molecule is CC(C)(C)CS(=O)(=O)N1CCc2ccc(N)cc21. The number of benzene rings is 1. The summed E-state index contributed by atoms with van der Waals surface area (Å²) in [5.41, 5.74) is 7.90. The number of nitrogens with two attached hydrogens (primary N) is 1. The van der Waals surface area contributed by atoms with Crippen LogP contribution in [0.3, 0.4) is 0 Å². The van der Waals surface area contributed by atoms with Crippen LogP contribution >= 0.6 is 0 Å². The molecule has 1 aromatic carbocycles. The van der Waals surface area contributed by atoms with Gasteiger partial charge in [-0.15, -0.1) is 0 Å². The quantitative estimate of drug-likeness (QED) is 0.834. The van der Waals surface area contributed by atoms with Gasteiger partial charge >= 0.3 is 0 Å². The molecule has 1 aromatic rings. The van der Waals surface area contributed by atoms with Gasteiger partial charge in [0.05, 0.1) is 11.4 Å². The number of hydrogen-bond acceptors (Lipinski definition) is 3. The van der Waals surface area contributed by atoms with Crippen LogP contribution < -0.4 is 10.0 Å². The molecule has 0 saturated carbocycles. The van der Waals surface area contributed by atoms with Crippen LogP contribution in [0.5, 0.6) is 0 Å². The summed E-state index contributed by atoms with van der Waals surface area (Å²) in [6.45, 7) is 6.32. The molecule has 1 heterocycles. The van der Waals surface area contributed by atoms with Gasteiger partial charge in [0, 0.05) is 12.2 Å². The fraction of sp³-hybridized carbons (Fsp3) is 0.538. The fourth-order valence-corrected chi connectivity index (χ4v) is 4.37. The van der Waals surface area contributed by atoms with Crippen LogP contribution in [0.25, 0.3) is 0 Å². The molecule has 5 heteroatoms. The topological polar surface area (TPSA) is 63.4 Å². The van der Waals surface area contributed by atoms with Crippen molar-refractivity contribution in [1.82, 2.24) is 0 Å². The van der Waals surface area contributed by atoms with Crippen molar-refractivity contribution in [3.05, 3.63) is 23.8 Å². The Morgan fingerprint density at radius 2 is 2.00 bits per heavy atom. The Balaban J connectivity index is 2.36. The average molecular weight is 268 g/mol. The third-order valence-corrected chi connectivity index (χ3v) is 5.20. The van der Waals surface area contributed by atoms with Crippen LogP contribution in [0.2, 0.25) is 0 Å². The smallest absolute Gasteiger partial charge is 0.235 e. The molecule has 18 heavy (non-hydrogen) atoms. The maximum Gasteiger partial charge on any atom is 0.235 e. The zero-order valence-corrected chi connectivity index (χ0v) is 11.9. The Morgan fingerprint density at radius 3 is 2.61 bits per heavy atom. The average Bonchev–Trinajstić information content (AvgIpc) is 2.56. The number of rotatable bonds is 2. The number of nitrogen functional groups attached to an aromatic ring is 1. The molecule has 0 fully saturated rings. The fourth-order valence-electron chi connectivity index (χ4n) is 2.28. The highest BCUT2D eigenvalue weighted by atomic mass is 32.2. The molecule has 0 aliphatic carbocycles. The second-order valence-corrected chi connectivity index (χ2v) is 7.92. The van der Waals surface area contributed by atoms with Crippen LogP contribution in [0.4, 0.5) is 11.4 Å². The predicted molar refractivity (Wildman–Crippen MR) is 75.1 cm³/mol. The lowest BCUT2D eigenvalue weighted by molar-refractivity contribution is 0.461. The first-order valence-electron chi connectivity index (χ1n) is 6.08. The molecule has 1 aliphatic rings. The van der Waals surface area contributed by atoms with Gasteiger partial charge in [0.1, 0.15) is 0 Å². The van der Waals surface area contributed by atoms with E-state index in [2.05, 4.69) is 0 Å². The van der Waals surface area contributed by atoms with Gasteiger partial charge in [0.2, 0.25) is 10.0 Å². The third-order valence-electron chi connectivity index (χ3n) is 2.91. The van der Waals surface area contributed by atoms with E-state index in [1.54, 1.807) is 6.07 Å². The van der Waals surface area contributed by atoms with Crippen LogP contribution in [0, 0.1) is 5.41 Å². The van der Waals surface area contributed by atoms with E-state index >= 15 is 0 Å². The molecule has 0 atom stereocenters. The molecule has 1 aliphatic heterocycles. The van der Waals surface area contributed by atoms with Crippen molar-refractivity contribution in [3.63, 3.8) is 0 Å². The molecule has 0 radical (unpaired) electrons. The second-order valence-electron chi connectivity index (χ2n) is 6.03. The lowest BCUT2D eigenvalue weighted by Gasteiger charge is -2.25. The Morgan fingerprint density at radius 1 is 1.33 bits per heavy atom. The largest absolute Gasteiger partial charge is 0.399 e. The first-order chi connectivity index (χ1) is 8.19. The maximum absolute atomic E-state index is 12.4. The molecule has 100 valence electrons. The molecular weight excluding hydrogens is 248 g/mol. The van der Waals surface area contributed by atoms with Gasteiger partial charge < -0.3 is 5.73 Å². The van der Waals surface area contributed by atoms with Gasteiger partial charge in [-0.05, 0) is 29.5 Å². The summed E-state index contributed by atoms with van der Waals surface area (Å²) in [5.74, 6) is 0.147. The maximum atomic E-state index is 12.4. The van der Waals surface area contributed by atoms with Crippen LogP contribution in [-0.4, -0.2) is 20.7 Å². The standard InChI is InChI=1S/C13H20N2O2S/c1-13(2,3)9-18(16,17)15-7-6-10-4-5-11(14)8-12(10)15/h4-5,8H,6-7,9,14H2,1-3H3. The third kappa shape index (κ3) is 2.61. The molecule has 0 unspecified atom stereocenters. The highest BCUT2D eigenvalue weighted by Gasteiger charge is 2.32. The summed E-state index contributed by atoms with van der Waals surface area (Å²) >= 11 is 0. The van der Waals surface area contributed by atoms with E-state index in [0.717, 1.165) is 17.7 Å². The molecule has 0 saturated heterocycles. The normalized spacial score (nSPS) is 15.8.